The predicted octanol–water partition coefficient (Wildman–Crippen LogP) is 0.347. The van der Waals surface area contributed by atoms with Crippen LogP contribution in [0.2, 0.25) is 0 Å². The van der Waals surface area contributed by atoms with E-state index in [-0.39, 0.29) is 23.8 Å². The van der Waals surface area contributed by atoms with Gasteiger partial charge in [-0.15, -0.1) is 0 Å². The molecule has 0 aromatic heterocycles. The number of hydrogen-bond acceptors (Lipinski definition) is 4. The summed E-state index contributed by atoms with van der Waals surface area (Å²) in [6.45, 7) is 1.83. The molecule has 1 aromatic rings. The number of nitrogens with one attached hydrogen (secondary N) is 1. The summed E-state index contributed by atoms with van der Waals surface area (Å²) < 4.78 is 24.0. The molecule has 0 unspecified atom stereocenters. The molecular formula is C13H16FN3O3. The molecule has 1 heterocycles. The van der Waals surface area contributed by atoms with E-state index < -0.39 is 11.7 Å². The van der Waals surface area contributed by atoms with Gasteiger partial charge in [-0.1, -0.05) is 6.07 Å². The highest BCUT2D eigenvalue weighted by molar-refractivity contribution is 5.98. The molecule has 0 aliphatic carbocycles. The van der Waals surface area contributed by atoms with Crippen molar-refractivity contribution in [2.24, 2.45) is 5.73 Å². The van der Waals surface area contributed by atoms with Crippen LogP contribution in [0.3, 0.4) is 0 Å². The standard InChI is InChI=1S/C13H16FN3O3/c14-9-2-1-3-10(12(9)13(15)16)20-8-11(18)17-4-6-19-7-5-17/h1-3H,4-8H2,(H3,15,16). The third-order valence-electron chi connectivity index (χ3n) is 2.96. The predicted molar refractivity (Wildman–Crippen MR) is 70.3 cm³/mol. The van der Waals surface area contributed by atoms with Gasteiger partial charge in [0, 0.05) is 13.1 Å². The molecule has 1 aromatic carbocycles. The number of amides is 1. The number of benzene rings is 1. The molecule has 1 amide bonds. The number of ether oxygens (including phenoxy) is 2. The summed E-state index contributed by atoms with van der Waals surface area (Å²) >= 11 is 0. The highest BCUT2D eigenvalue weighted by atomic mass is 19.1. The van der Waals surface area contributed by atoms with Gasteiger partial charge in [-0.3, -0.25) is 10.2 Å². The minimum Gasteiger partial charge on any atom is -0.483 e. The summed E-state index contributed by atoms with van der Waals surface area (Å²) in [5.41, 5.74) is 5.19. The SMILES string of the molecule is N=C(N)c1c(F)cccc1OCC(=O)N1CCOCC1. The highest BCUT2D eigenvalue weighted by Crippen LogP contribution is 2.20. The van der Waals surface area contributed by atoms with E-state index in [1.165, 1.54) is 18.2 Å². The number of hydrogen-bond donors (Lipinski definition) is 2. The van der Waals surface area contributed by atoms with Crippen molar-refractivity contribution in [1.29, 1.82) is 5.41 Å². The number of morpholine rings is 1. The van der Waals surface area contributed by atoms with Crippen molar-refractivity contribution in [3.63, 3.8) is 0 Å². The molecule has 0 spiro atoms. The maximum absolute atomic E-state index is 13.6. The monoisotopic (exact) mass is 281 g/mol. The van der Waals surface area contributed by atoms with E-state index in [0.29, 0.717) is 26.3 Å². The van der Waals surface area contributed by atoms with Crippen LogP contribution >= 0.6 is 0 Å². The average Bonchev–Trinajstić information content (AvgIpc) is 2.45. The van der Waals surface area contributed by atoms with E-state index in [9.17, 15) is 9.18 Å². The molecule has 0 saturated carbocycles. The van der Waals surface area contributed by atoms with Gasteiger partial charge in [0.2, 0.25) is 0 Å². The van der Waals surface area contributed by atoms with Gasteiger partial charge >= 0.3 is 0 Å². The number of halogens is 1. The molecule has 7 heteroatoms. The molecular weight excluding hydrogens is 265 g/mol. The van der Waals surface area contributed by atoms with E-state index >= 15 is 0 Å². The second kappa shape index (κ2) is 6.33. The van der Waals surface area contributed by atoms with Crippen LogP contribution in [0.1, 0.15) is 5.56 Å². The van der Waals surface area contributed by atoms with Crippen LogP contribution in [0.4, 0.5) is 4.39 Å². The molecule has 6 nitrogen and oxygen atoms in total. The second-order valence-electron chi connectivity index (χ2n) is 4.31. The summed E-state index contributed by atoms with van der Waals surface area (Å²) in [6, 6.07) is 4.11. The number of nitrogens with zero attached hydrogens (tertiary/aromatic N) is 1. The Labute approximate surface area is 115 Å². The molecule has 0 bridgehead atoms. The van der Waals surface area contributed by atoms with Gasteiger partial charge in [-0.2, -0.15) is 0 Å². The van der Waals surface area contributed by atoms with E-state index in [1.807, 2.05) is 0 Å². The molecule has 1 aliphatic rings. The minimum atomic E-state index is -0.645. The zero-order valence-corrected chi connectivity index (χ0v) is 10.9. The van der Waals surface area contributed by atoms with E-state index in [0.717, 1.165) is 0 Å². The molecule has 20 heavy (non-hydrogen) atoms. The van der Waals surface area contributed by atoms with Crippen LogP contribution in [0, 0.1) is 11.2 Å². The number of nitrogens with two attached hydrogens (primary N) is 1. The second-order valence-corrected chi connectivity index (χ2v) is 4.31. The fraction of sp³-hybridized carbons (Fsp3) is 0.385. The van der Waals surface area contributed by atoms with Crippen molar-refractivity contribution in [3.05, 3.63) is 29.6 Å². The van der Waals surface area contributed by atoms with Crippen LogP contribution in [-0.4, -0.2) is 49.6 Å². The lowest BCUT2D eigenvalue weighted by atomic mass is 10.1. The molecule has 0 radical (unpaired) electrons. The van der Waals surface area contributed by atoms with Crippen LogP contribution < -0.4 is 10.5 Å². The van der Waals surface area contributed by atoms with E-state index in [2.05, 4.69) is 0 Å². The van der Waals surface area contributed by atoms with Gasteiger partial charge in [0.1, 0.15) is 17.4 Å². The molecule has 1 aliphatic heterocycles. The Balaban J connectivity index is 2.02. The quantitative estimate of drug-likeness (QED) is 0.615. The van der Waals surface area contributed by atoms with Crippen molar-refractivity contribution in [2.75, 3.05) is 32.9 Å². The van der Waals surface area contributed by atoms with Crippen LogP contribution in [0.25, 0.3) is 0 Å². The maximum atomic E-state index is 13.6. The Bertz CT molecular complexity index is 516. The van der Waals surface area contributed by atoms with E-state index in [4.69, 9.17) is 20.6 Å². The van der Waals surface area contributed by atoms with Gasteiger partial charge in [0.25, 0.3) is 5.91 Å². The largest absolute Gasteiger partial charge is 0.483 e. The number of carbonyl (C=O) groups is 1. The molecule has 1 saturated heterocycles. The Hall–Kier alpha value is -2.15. The Morgan fingerprint density at radius 3 is 2.80 bits per heavy atom. The third kappa shape index (κ3) is 3.24. The smallest absolute Gasteiger partial charge is 0.260 e. The zero-order valence-electron chi connectivity index (χ0n) is 10.9. The Morgan fingerprint density at radius 2 is 2.15 bits per heavy atom. The molecule has 1 fully saturated rings. The summed E-state index contributed by atoms with van der Waals surface area (Å²) in [7, 11) is 0. The fourth-order valence-corrected chi connectivity index (χ4v) is 1.93. The third-order valence-corrected chi connectivity index (χ3v) is 2.96. The summed E-state index contributed by atoms with van der Waals surface area (Å²) in [4.78, 5) is 13.5. The van der Waals surface area contributed by atoms with Crippen molar-refractivity contribution in [2.45, 2.75) is 0 Å². The first-order valence-electron chi connectivity index (χ1n) is 6.21. The van der Waals surface area contributed by atoms with E-state index in [1.54, 1.807) is 4.90 Å². The van der Waals surface area contributed by atoms with Gasteiger partial charge in [-0.05, 0) is 12.1 Å². The highest BCUT2D eigenvalue weighted by Gasteiger charge is 2.19. The zero-order chi connectivity index (χ0) is 14.5. The lowest BCUT2D eigenvalue weighted by Crippen LogP contribution is -2.43. The number of nitrogen functional groups attached to an aromatic ring is 1. The van der Waals surface area contributed by atoms with Crippen molar-refractivity contribution < 1.29 is 18.7 Å². The first-order valence-corrected chi connectivity index (χ1v) is 6.21. The first-order chi connectivity index (χ1) is 9.59. The lowest BCUT2D eigenvalue weighted by molar-refractivity contribution is -0.137. The van der Waals surface area contributed by atoms with Gasteiger partial charge in [0.15, 0.2) is 6.61 Å². The van der Waals surface area contributed by atoms with Gasteiger partial charge in [-0.25, -0.2) is 4.39 Å². The van der Waals surface area contributed by atoms with Crippen LogP contribution in [0.15, 0.2) is 18.2 Å². The van der Waals surface area contributed by atoms with Crippen LogP contribution in [0.5, 0.6) is 5.75 Å². The molecule has 2 rings (SSSR count). The first kappa shape index (κ1) is 14.3. The summed E-state index contributed by atoms with van der Waals surface area (Å²) in [5, 5.41) is 7.34. The van der Waals surface area contributed by atoms with Crippen LogP contribution in [-0.2, 0) is 9.53 Å². The summed E-state index contributed by atoms with van der Waals surface area (Å²) in [5.74, 6) is -1.18. The maximum Gasteiger partial charge on any atom is 0.260 e. The van der Waals surface area contributed by atoms with Crippen molar-refractivity contribution in [3.8, 4) is 5.75 Å². The lowest BCUT2D eigenvalue weighted by Gasteiger charge is -2.26. The minimum absolute atomic E-state index is 0.0964. The number of rotatable bonds is 4. The normalized spacial score (nSPS) is 14.9. The molecule has 0 atom stereocenters. The Morgan fingerprint density at radius 1 is 1.45 bits per heavy atom. The summed E-state index contributed by atoms with van der Waals surface area (Å²) in [6.07, 6.45) is 0. The molecule has 3 N–H and O–H groups in total. The number of carbonyl (C=O) groups excluding carboxylic acids is 1. The number of amidine groups is 1. The Kier molecular flexibility index (Phi) is 4.52. The topological polar surface area (TPSA) is 88.6 Å². The average molecular weight is 281 g/mol. The van der Waals surface area contributed by atoms with Gasteiger partial charge < -0.3 is 20.1 Å². The van der Waals surface area contributed by atoms with Gasteiger partial charge in [0.05, 0.1) is 18.8 Å². The fourth-order valence-electron chi connectivity index (χ4n) is 1.93. The molecule has 108 valence electrons. The van der Waals surface area contributed by atoms with Crippen molar-refractivity contribution >= 4 is 11.7 Å². The van der Waals surface area contributed by atoms with Crippen molar-refractivity contribution in [1.82, 2.24) is 4.90 Å².